The molecule has 0 bridgehead atoms. The van der Waals surface area contributed by atoms with Gasteiger partial charge in [-0.05, 0) is 100 Å². The van der Waals surface area contributed by atoms with E-state index in [1.807, 2.05) is 0 Å². The van der Waals surface area contributed by atoms with Crippen LogP contribution in [0, 0.1) is 0 Å². The minimum Gasteiger partial charge on any atom is -0.0622 e. The Bertz CT molecular complexity index is 2920. The molecule has 10 aromatic rings. The molecule has 0 heteroatoms. The van der Waals surface area contributed by atoms with Crippen molar-refractivity contribution in [1.29, 1.82) is 0 Å². The van der Waals surface area contributed by atoms with E-state index in [2.05, 4.69) is 291 Å². The minimum absolute atomic E-state index is 1.13. The molecule has 0 aromatic heterocycles. The van der Waals surface area contributed by atoms with Crippen molar-refractivity contribution >= 4 is 33.4 Å². The molecule has 0 saturated carbocycles. The van der Waals surface area contributed by atoms with Crippen LogP contribution in [-0.2, 0) is 0 Å². The average Bonchev–Trinajstić information content (AvgIpc) is 3.41. The fourth-order valence-electron chi connectivity index (χ4n) is 9.18. The van der Waals surface area contributed by atoms with Gasteiger partial charge < -0.3 is 0 Å². The van der Waals surface area contributed by atoms with Crippen LogP contribution in [-0.4, -0.2) is 0 Å². The van der Waals surface area contributed by atoms with Crippen LogP contribution in [0.25, 0.3) is 33.4 Å². The molecule has 0 radical (unpaired) electrons. The monoisotopic (exact) mass is 840 g/mol. The molecular weight excluding hydrogens is 793 g/mol. The first-order chi connectivity index (χ1) is 32.8. The van der Waals surface area contributed by atoms with E-state index in [0.717, 1.165) is 33.4 Å². The van der Waals surface area contributed by atoms with Gasteiger partial charge in [0, 0.05) is 0 Å². The highest BCUT2D eigenvalue weighted by molar-refractivity contribution is 6.08. The third-order valence-electron chi connectivity index (χ3n) is 12.2. The predicted molar refractivity (Wildman–Crippen MR) is 279 cm³/mol. The van der Waals surface area contributed by atoms with E-state index in [1.165, 1.54) is 66.8 Å². The Morgan fingerprint density at radius 2 is 0.197 bits per heavy atom. The van der Waals surface area contributed by atoms with E-state index in [-0.39, 0.29) is 0 Å². The SMILES string of the molecule is c1ccc(C(=C(c2ccccc2)c2ccc(C(=C(c3ccccc3)c3ccccc3)c3ccc(C(=C(c4ccccc4)c4ccccc4)c4ccccc4)cc3)cc2)c2ccccc2)cc1. The van der Waals surface area contributed by atoms with E-state index in [9.17, 15) is 0 Å². The third kappa shape index (κ3) is 8.95. The van der Waals surface area contributed by atoms with Crippen molar-refractivity contribution in [3.8, 4) is 0 Å². The lowest BCUT2D eigenvalue weighted by Crippen LogP contribution is -2.00. The summed E-state index contributed by atoms with van der Waals surface area (Å²) in [5.41, 5.74) is 21.0. The maximum absolute atomic E-state index is 2.32. The molecule has 0 saturated heterocycles. The quantitative estimate of drug-likeness (QED) is 0.108. The van der Waals surface area contributed by atoms with E-state index in [1.54, 1.807) is 0 Å². The molecule has 0 nitrogen and oxygen atoms in total. The predicted octanol–water partition coefficient (Wildman–Crippen LogP) is 16.7. The zero-order valence-electron chi connectivity index (χ0n) is 36.7. The first-order valence-electron chi connectivity index (χ1n) is 22.7. The van der Waals surface area contributed by atoms with E-state index >= 15 is 0 Å². The molecule has 0 spiro atoms. The lowest BCUT2D eigenvalue weighted by molar-refractivity contribution is 1.46. The van der Waals surface area contributed by atoms with E-state index in [4.69, 9.17) is 0 Å². The number of benzene rings is 10. The molecule has 0 amide bonds. The Hall–Kier alpha value is -8.58. The molecule has 0 atom stereocenters. The van der Waals surface area contributed by atoms with Crippen molar-refractivity contribution in [3.63, 3.8) is 0 Å². The normalized spacial score (nSPS) is 10.7. The zero-order valence-corrected chi connectivity index (χ0v) is 36.7. The lowest BCUT2D eigenvalue weighted by Gasteiger charge is -2.21. The van der Waals surface area contributed by atoms with Gasteiger partial charge in [-0.15, -0.1) is 0 Å². The van der Waals surface area contributed by atoms with Gasteiger partial charge in [0.05, 0.1) is 0 Å². The average molecular weight is 841 g/mol. The highest BCUT2D eigenvalue weighted by Crippen LogP contribution is 2.42. The van der Waals surface area contributed by atoms with Gasteiger partial charge in [-0.2, -0.15) is 0 Å². The first kappa shape index (κ1) is 41.4. The largest absolute Gasteiger partial charge is 0.0622 e. The van der Waals surface area contributed by atoms with Gasteiger partial charge >= 0.3 is 0 Å². The van der Waals surface area contributed by atoms with Gasteiger partial charge in [0.2, 0.25) is 0 Å². The van der Waals surface area contributed by atoms with Gasteiger partial charge in [-0.1, -0.05) is 291 Å². The van der Waals surface area contributed by atoms with Crippen LogP contribution in [0.2, 0.25) is 0 Å². The first-order valence-corrected chi connectivity index (χ1v) is 22.7. The Balaban J connectivity index is 1.20. The van der Waals surface area contributed by atoms with Gasteiger partial charge in [0.15, 0.2) is 0 Å². The smallest absolute Gasteiger partial charge is 0.00268 e. The molecule has 0 aliphatic carbocycles. The molecular formula is C66H48. The van der Waals surface area contributed by atoms with Crippen molar-refractivity contribution in [2.45, 2.75) is 0 Å². The molecule has 66 heavy (non-hydrogen) atoms. The Morgan fingerprint density at radius 3 is 0.303 bits per heavy atom. The summed E-state index contributed by atoms with van der Waals surface area (Å²) in [5.74, 6) is 0. The van der Waals surface area contributed by atoms with Gasteiger partial charge in [0.1, 0.15) is 0 Å². The molecule has 10 aromatic carbocycles. The summed E-state index contributed by atoms with van der Waals surface area (Å²) < 4.78 is 0. The molecule has 0 fully saturated rings. The highest BCUT2D eigenvalue weighted by Gasteiger charge is 2.21. The van der Waals surface area contributed by atoms with E-state index < -0.39 is 0 Å². The maximum atomic E-state index is 2.32. The lowest BCUT2D eigenvalue weighted by atomic mass is 9.82. The minimum atomic E-state index is 1.13. The maximum Gasteiger partial charge on any atom is -0.00268 e. The molecule has 312 valence electrons. The second-order valence-electron chi connectivity index (χ2n) is 16.3. The zero-order chi connectivity index (χ0) is 44.3. The van der Waals surface area contributed by atoms with Gasteiger partial charge in [-0.25, -0.2) is 0 Å². The van der Waals surface area contributed by atoms with Crippen LogP contribution < -0.4 is 0 Å². The van der Waals surface area contributed by atoms with Gasteiger partial charge in [0.25, 0.3) is 0 Å². The van der Waals surface area contributed by atoms with Crippen molar-refractivity contribution in [3.05, 3.63) is 358 Å². The summed E-state index contributed by atoms with van der Waals surface area (Å²) in [6, 6.07) is 105. The molecule has 10 rings (SSSR count). The van der Waals surface area contributed by atoms with Crippen LogP contribution in [0.15, 0.2) is 291 Å². The standard InChI is InChI=1S/C66H48/c1-9-25-49(26-10-1)61(50-27-11-2-12-28-50)64(55-37-21-7-22-38-55)57-41-45-59(46-42-57)66(63(53-33-17-5-18-34-53)54-35-19-6-20-36-54)60-47-43-58(44-48-60)65(56-39-23-8-24-40-56)62(51-29-13-3-14-30-51)52-31-15-4-16-32-52/h1-48H. The number of rotatable bonds is 12. The van der Waals surface area contributed by atoms with E-state index in [0.29, 0.717) is 0 Å². The number of hydrogen-bond donors (Lipinski definition) is 0. The summed E-state index contributed by atoms with van der Waals surface area (Å²) in [4.78, 5) is 0. The second-order valence-corrected chi connectivity index (χ2v) is 16.3. The fourth-order valence-corrected chi connectivity index (χ4v) is 9.18. The van der Waals surface area contributed by atoms with Crippen molar-refractivity contribution in [1.82, 2.24) is 0 Å². The summed E-state index contributed by atoms with van der Waals surface area (Å²) in [6.45, 7) is 0. The van der Waals surface area contributed by atoms with Crippen LogP contribution in [0.4, 0.5) is 0 Å². The summed E-state index contributed by atoms with van der Waals surface area (Å²) in [7, 11) is 0. The van der Waals surface area contributed by atoms with Crippen LogP contribution in [0.5, 0.6) is 0 Å². The number of hydrogen-bond acceptors (Lipinski definition) is 0. The molecule has 0 unspecified atom stereocenters. The van der Waals surface area contributed by atoms with Crippen molar-refractivity contribution < 1.29 is 0 Å². The summed E-state index contributed by atoms with van der Waals surface area (Å²) in [6.07, 6.45) is 0. The van der Waals surface area contributed by atoms with Gasteiger partial charge in [-0.3, -0.25) is 0 Å². The molecule has 0 aliphatic rings. The fraction of sp³-hybridized carbons (Fsp3) is 0. The Kier molecular flexibility index (Phi) is 12.5. The van der Waals surface area contributed by atoms with Crippen LogP contribution in [0.3, 0.4) is 0 Å². The van der Waals surface area contributed by atoms with Crippen LogP contribution in [0.1, 0.15) is 66.8 Å². The van der Waals surface area contributed by atoms with Crippen molar-refractivity contribution in [2.75, 3.05) is 0 Å². The van der Waals surface area contributed by atoms with Crippen molar-refractivity contribution in [2.24, 2.45) is 0 Å². The third-order valence-corrected chi connectivity index (χ3v) is 12.2. The Labute approximate surface area is 389 Å². The molecule has 0 N–H and O–H groups in total. The summed E-state index contributed by atoms with van der Waals surface area (Å²) >= 11 is 0. The molecule has 0 heterocycles. The topological polar surface area (TPSA) is 0 Å². The molecule has 0 aliphatic heterocycles. The highest BCUT2D eigenvalue weighted by atomic mass is 14.2. The van der Waals surface area contributed by atoms with Crippen LogP contribution >= 0.6 is 0 Å². The Morgan fingerprint density at radius 1 is 0.106 bits per heavy atom. The second kappa shape index (κ2) is 19.9. The summed E-state index contributed by atoms with van der Waals surface area (Å²) in [5, 5.41) is 0.